The maximum absolute atomic E-state index is 14.5. The van der Waals surface area contributed by atoms with Gasteiger partial charge in [0, 0.05) is 79.4 Å². The van der Waals surface area contributed by atoms with E-state index in [2.05, 4.69) is 27.7 Å². The Labute approximate surface area is 323 Å². The van der Waals surface area contributed by atoms with E-state index in [4.69, 9.17) is 36.0 Å². The highest BCUT2D eigenvalue weighted by atomic mass is 35.5. The summed E-state index contributed by atoms with van der Waals surface area (Å²) in [6.07, 6.45) is 4.65. The quantitative estimate of drug-likeness (QED) is 0.172. The number of halogens is 2. The van der Waals surface area contributed by atoms with Crippen molar-refractivity contribution in [3.8, 4) is 17.0 Å². The van der Waals surface area contributed by atoms with Gasteiger partial charge in [-0.25, -0.2) is 9.18 Å². The van der Waals surface area contributed by atoms with Crippen LogP contribution in [0.15, 0.2) is 54.7 Å². The van der Waals surface area contributed by atoms with Crippen molar-refractivity contribution >= 4 is 51.0 Å². The number of aromatic nitrogens is 5. The molecule has 3 aromatic heterocycles. The SMILES string of the molecule is COC(=O)c1c2c3ccc(Cl)c(c3n1CCN1CCOCC1)-c1c(cnn1C)CSCc1cc(n(C)n1)CCc1cc(c3ccc(F)cc3c1)OCCC2. The number of hydrogen-bond donors (Lipinski definition) is 0. The fourth-order valence-corrected chi connectivity index (χ4v) is 9.10. The highest BCUT2D eigenvalue weighted by molar-refractivity contribution is 7.97. The van der Waals surface area contributed by atoms with Crippen LogP contribution in [-0.4, -0.2) is 81.6 Å². The molecule has 8 rings (SSSR count). The molecular formula is C41H44ClFN6O4S. The number of benzene rings is 3. The zero-order chi connectivity index (χ0) is 37.3. The van der Waals surface area contributed by atoms with Crippen LogP contribution in [0.3, 0.4) is 0 Å². The van der Waals surface area contributed by atoms with E-state index in [1.54, 1.807) is 23.9 Å². The van der Waals surface area contributed by atoms with Gasteiger partial charge in [0.1, 0.15) is 17.3 Å². The van der Waals surface area contributed by atoms with E-state index in [0.717, 1.165) is 105 Å². The predicted octanol–water partition coefficient (Wildman–Crippen LogP) is 7.38. The summed E-state index contributed by atoms with van der Waals surface area (Å²) in [5.74, 6) is 1.46. The molecule has 1 saturated heterocycles. The zero-order valence-electron chi connectivity index (χ0n) is 30.9. The lowest BCUT2D eigenvalue weighted by molar-refractivity contribution is 0.0361. The standard InChI is InChI=1S/C41H44ClFN6O4S/c1-46-31-8-6-26-19-27-21-29(43)7-9-32(27)36(20-26)53-16-4-5-33-34-10-11-35(42)37(38-28(23-44-47(38)2)24-54-25-30(22-31)45-46)39(34)49(40(33)41(50)51-3)13-12-48-14-17-52-18-15-48/h7,9-11,19-23H,4-6,8,12-18,24-25H2,1-3H3. The second kappa shape index (κ2) is 15.8. The van der Waals surface area contributed by atoms with Gasteiger partial charge in [0.15, 0.2) is 0 Å². The van der Waals surface area contributed by atoms with Crippen LogP contribution in [0, 0.1) is 5.82 Å². The van der Waals surface area contributed by atoms with Gasteiger partial charge in [0.25, 0.3) is 0 Å². The average Bonchev–Trinajstić information content (AvgIpc) is 3.82. The van der Waals surface area contributed by atoms with Gasteiger partial charge in [0.2, 0.25) is 0 Å². The number of aryl methyl sites for hydroxylation is 5. The number of rotatable bonds is 4. The Kier molecular flexibility index (Phi) is 10.7. The van der Waals surface area contributed by atoms with Crippen LogP contribution >= 0.6 is 23.4 Å². The van der Waals surface area contributed by atoms with Crippen molar-refractivity contribution in [3.05, 3.63) is 99.3 Å². The smallest absolute Gasteiger partial charge is 0.354 e. The minimum absolute atomic E-state index is 0.283. The molecular weight excluding hydrogens is 727 g/mol. The Morgan fingerprint density at radius 3 is 2.63 bits per heavy atom. The molecule has 0 atom stereocenters. The van der Waals surface area contributed by atoms with E-state index in [1.165, 1.54) is 13.2 Å². The summed E-state index contributed by atoms with van der Waals surface area (Å²) in [7, 11) is 5.36. The lowest BCUT2D eigenvalue weighted by Gasteiger charge is -2.27. The van der Waals surface area contributed by atoms with Gasteiger partial charge in [-0.05, 0) is 78.6 Å². The number of methoxy groups -OCH3 is 1. The molecule has 0 spiro atoms. The largest absolute Gasteiger partial charge is 0.493 e. The average molecular weight is 771 g/mol. The number of nitrogens with zero attached hydrogens (tertiary/aromatic N) is 6. The van der Waals surface area contributed by atoms with E-state index in [1.807, 2.05) is 41.8 Å². The van der Waals surface area contributed by atoms with E-state index < -0.39 is 5.97 Å². The highest BCUT2D eigenvalue weighted by Gasteiger charge is 2.29. The third-order valence-electron chi connectivity index (χ3n) is 10.6. The number of thioether (sulfide) groups is 1. The van der Waals surface area contributed by atoms with Gasteiger partial charge in [-0.2, -0.15) is 22.0 Å². The molecule has 2 aliphatic heterocycles. The molecule has 6 aromatic rings. The lowest BCUT2D eigenvalue weighted by Crippen LogP contribution is -2.38. The highest BCUT2D eigenvalue weighted by Crippen LogP contribution is 2.42. The predicted molar refractivity (Wildman–Crippen MR) is 211 cm³/mol. The maximum atomic E-state index is 14.5. The van der Waals surface area contributed by atoms with E-state index in [-0.39, 0.29) is 5.82 Å². The minimum atomic E-state index is -0.392. The molecule has 10 nitrogen and oxygen atoms in total. The van der Waals surface area contributed by atoms with Crippen molar-refractivity contribution < 1.29 is 23.4 Å². The second-order valence-electron chi connectivity index (χ2n) is 14.0. The first-order chi connectivity index (χ1) is 26.3. The molecule has 0 amide bonds. The Morgan fingerprint density at radius 2 is 1.80 bits per heavy atom. The minimum Gasteiger partial charge on any atom is -0.493 e. The van der Waals surface area contributed by atoms with Gasteiger partial charge >= 0.3 is 5.97 Å². The molecule has 3 aromatic carbocycles. The van der Waals surface area contributed by atoms with E-state index in [0.29, 0.717) is 55.7 Å². The molecule has 54 heavy (non-hydrogen) atoms. The molecule has 0 saturated carbocycles. The molecule has 8 bridgehead atoms. The summed E-state index contributed by atoms with van der Waals surface area (Å²) in [5, 5.41) is 12.8. The van der Waals surface area contributed by atoms with Crippen LogP contribution in [-0.2, 0) is 60.9 Å². The van der Waals surface area contributed by atoms with E-state index >= 15 is 0 Å². The molecule has 0 aliphatic carbocycles. The monoisotopic (exact) mass is 770 g/mol. The fraction of sp³-hybridized carbons (Fsp3) is 0.390. The van der Waals surface area contributed by atoms with Crippen LogP contribution < -0.4 is 4.74 Å². The second-order valence-corrected chi connectivity index (χ2v) is 15.4. The zero-order valence-corrected chi connectivity index (χ0v) is 32.4. The molecule has 1 fully saturated rings. The normalized spacial score (nSPS) is 15.9. The Hall–Kier alpha value is -4.36. The maximum Gasteiger partial charge on any atom is 0.354 e. The summed E-state index contributed by atoms with van der Waals surface area (Å²) >= 11 is 8.97. The summed E-state index contributed by atoms with van der Waals surface area (Å²) in [6.45, 7) is 4.70. The van der Waals surface area contributed by atoms with Crippen LogP contribution in [0.2, 0.25) is 5.02 Å². The Balaban J connectivity index is 1.26. The van der Waals surface area contributed by atoms with Crippen LogP contribution in [0.1, 0.15) is 45.0 Å². The molecule has 282 valence electrons. The molecule has 0 N–H and O–H groups in total. The number of fused-ring (bicyclic) bond motifs is 8. The van der Waals surface area contributed by atoms with Gasteiger partial charge < -0.3 is 18.8 Å². The molecule has 0 unspecified atom stereocenters. The number of carbonyl (C=O) groups excluding carboxylic acids is 1. The summed E-state index contributed by atoms with van der Waals surface area (Å²) < 4.78 is 38.0. The molecule has 0 radical (unpaired) electrons. The summed E-state index contributed by atoms with van der Waals surface area (Å²) in [6, 6.07) is 15.1. The third-order valence-corrected chi connectivity index (χ3v) is 12.0. The topological polar surface area (TPSA) is 88.6 Å². The molecule has 13 heteroatoms. The first kappa shape index (κ1) is 36.6. The van der Waals surface area contributed by atoms with Crippen molar-refractivity contribution in [1.29, 1.82) is 0 Å². The first-order valence-corrected chi connectivity index (χ1v) is 20.0. The number of ether oxygens (including phenoxy) is 3. The number of morpholine rings is 1. The van der Waals surface area contributed by atoms with Gasteiger partial charge in [-0.3, -0.25) is 14.3 Å². The molecule has 5 heterocycles. The van der Waals surface area contributed by atoms with Crippen molar-refractivity contribution in [3.63, 3.8) is 0 Å². The van der Waals surface area contributed by atoms with Crippen molar-refractivity contribution in [2.75, 3.05) is 46.6 Å². The number of hydrogen-bond acceptors (Lipinski definition) is 8. The fourth-order valence-electron chi connectivity index (χ4n) is 7.98. The third kappa shape index (κ3) is 7.24. The number of carbonyl (C=O) groups is 1. The van der Waals surface area contributed by atoms with Gasteiger partial charge in [-0.15, -0.1) is 0 Å². The first-order valence-electron chi connectivity index (χ1n) is 18.5. The van der Waals surface area contributed by atoms with E-state index in [9.17, 15) is 9.18 Å². The van der Waals surface area contributed by atoms with Crippen molar-refractivity contribution in [2.45, 2.75) is 43.7 Å². The van der Waals surface area contributed by atoms with Crippen molar-refractivity contribution in [1.82, 2.24) is 29.0 Å². The Morgan fingerprint density at radius 1 is 0.963 bits per heavy atom. The summed E-state index contributed by atoms with van der Waals surface area (Å²) in [4.78, 5) is 16.2. The van der Waals surface area contributed by atoms with Gasteiger partial charge in [-0.1, -0.05) is 23.7 Å². The van der Waals surface area contributed by atoms with Crippen LogP contribution in [0.5, 0.6) is 5.75 Å². The lowest BCUT2D eigenvalue weighted by atomic mass is 10.0. The van der Waals surface area contributed by atoms with Crippen LogP contribution in [0.25, 0.3) is 32.9 Å². The summed E-state index contributed by atoms with van der Waals surface area (Å²) in [5.41, 5.74) is 8.34. The van der Waals surface area contributed by atoms with Crippen LogP contribution in [0.4, 0.5) is 4.39 Å². The van der Waals surface area contributed by atoms with Crippen molar-refractivity contribution in [2.24, 2.45) is 14.1 Å². The number of esters is 1. The Bertz CT molecular complexity index is 2350. The van der Waals surface area contributed by atoms with Gasteiger partial charge in [0.05, 0.1) is 55.1 Å². The molecule has 2 aliphatic rings.